The minimum Gasteiger partial charge on any atom is -0.478 e. The van der Waals surface area contributed by atoms with Gasteiger partial charge in [0.15, 0.2) is 0 Å². The zero-order valence-corrected chi connectivity index (χ0v) is 19.3. The Hall–Kier alpha value is -4.08. The van der Waals surface area contributed by atoms with Gasteiger partial charge in [-0.2, -0.15) is 26.3 Å². The van der Waals surface area contributed by atoms with E-state index in [0.717, 1.165) is 11.0 Å². The molecule has 3 aromatic rings. The van der Waals surface area contributed by atoms with Crippen LogP contribution in [0.3, 0.4) is 0 Å². The predicted octanol–water partition coefficient (Wildman–Crippen LogP) is 6.64. The summed E-state index contributed by atoms with van der Waals surface area (Å²) in [5.74, 6) is -3.18. The van der Waals surface area contributed by atoms with E-state index in [9.17, 15) is 41.0 Å². The summed E-state index contributed by atoms with van der Waals surface area (Å²) in [5.41, 5.74) is -2.79. The molecule has 0 saturated heterocycles. The summed E-state index contributed by atoms with van der Waals surface area (Å²) in [6, 6.07) is 16.8. The third kappa shape index (κ3) is 6.78. The van der Waals surface area contributed by atoms with Crippen LogP contribution in [0.4, 0.5) is 26.3 Å². The second-order valence-corrected chi connectivity index (χ2v) is 8.20. The molecule has 1 N–H and O–H groups in total. The highest BCUT2D eigenvalue weighted by Crippen LogP contribution is 2.37. The minimum atomic E-state index is -5.13. The molecule has 10 heteroatoms. The highest BCUT2D eigenvalue weighted by molar-refractivity contribution is 5.95. The number of likely N-dealkylation sites (N-methyl/N-ethyl adjacent to an activating group) is 1. The molecule has 0 fully saturated rings. The van der Waals surface area contributed by atoms with Gasteiger partial charge < -0.3 is 10.0 Å². The molecule has 0 saturated carbocycles. The second-order valence-electron chi connectivity index (χ2n) is 8.20. The molecule has 4 nitrogen and oxygen atoms in total. The molecule has 3 aromatic carbocycles. The number of alkyl halides is 6. The molecule has 0 aliphatic rings. The molecular weight excluding hydrogens is 500 g/mol. The lowest BCUT2D eigenvalue weighted by Gasteiger charge is -2.34. The van der Waals surface area contributed by atoms with E-state index < -0.39 is 52.9 Å². The van der Waals surface area contributed by atoms with Crippen LogP contribution in [0.5, 0.6) is 0 Å². The van der Waals surface area contributed by atoms with E-state index in [2.05, 4.69) is 0 Å². The molecule has 0 aliphatic heterocycles. The molecule has 37 heavy (non-hydrogen) atoms. The number of hydrogen-bond donors (Lipinski definition) is 1. The number of carbonyl (C=O) groups is 2. The number of amides is 1. The number of nitrogens with zero attached hydrogens (tertiary/aromatic N) is 1. The molecule has 0 spiro atoms. The summed E-state index contributed by atoms with van der Waals surface area (Å²) >= 11 is 0. The van der Waals surface area contributed by atoms with Gasteiger partial charge in [0.25, 0.3) is 5.91 Å². The molecular formula is C27H21F6NO3. The molecule has 1 atom stereocenters. The maximum atomic E-state index is 13.4. The molecule has 0 unspecified atom stereocenters. The van der Waals surface area contributed by atoms with Crippen LogP contribution >= 0.6 is 0 Å². The van der Waals surface area contributed by atoms with Crippen molar-refractivity contribution in [3.05, 3.63) is 119 Å². The first-order chi connectivity index (χ1) is 17.3. The molecule has 0 radical (unpaired) electrons. The quantitative estimate of drug-likeness (QED) is 0.280. The van der Waals surface area contributed by atoms with Crippen molar-refractivity contribution in [3.63, 3.8) is 0 Å². The lowest BCUT2D eigenvalue weighted by molar-refractivity contribution is -0.143. The second kappa shape index (κ2) is 10.9. The Balaban J connectivity index is 2.17. The Morgan fingerprint density at radius 2 is 1.22 bits per heavy atom. The third-order valence-electron chi connectivity index (χ3n) is 5.70. The summed E-state index contributed by atoms with van der Waals surface area (Å²) in [6.07, 6.45) is -8.30. The zero-order chi connectivity index (χ0) is 27.4. The van der Waals surface area contributed by atoms with E-state index in [4.69, 9.17) is 0 Å². The van der Waals surface area contributed by atoms with Crippen LogP contribution < -0.4 is 0 Å². The van der Waals surface area contributed by atoms with Crippen LogP contribution in [0.1, 0.15) is 38.5 Å². The molecule has 3 rings (SSSR count). The topological polar surface area (TPSA) is 57.6 Å². The van der Waals surface area contributed by atoms with Crippen molar-refractivity contribution < 1.29 is 41.0 Å². The van der Waals surface area contributed by atoms with Crippen molar-refractivity contribution in [2.45, 2.75) is 24.3 Å². The Morgan fingerprint density at radius 3 is 1.59 bits per heavy atom. The van der Waals surface area contributed by atoms with Crippen LogP contribution in [0.25, 0.3) is 0 Å². The number of aliphatic carboxylic acids is 1. The summed E-state index contributed by atoms with van der Waals surface area (Å²) in [7, 11) is 1.20. The van der Waals surface area contributed by atoms with E-state index in [1.807, 2.05) is 0 Å². The lowest BCUT2D eigenvalue weighted by atomic mass is 9.83. The fourth-order valence-electron chi connectivity index (χ4n) is 3.97. The van der Waals surface area contributed by atoms with Crippen LogP contribution in [-0.4, -0.2) is 35.0 Å². The van der Waals surface area contributed by atoms with Gasteiger partial charge in [-0.3, -0.25) is 4.79 Å². The van der Waals surface area contributed by atoms with Gasteiger partial charge in [-0.05, 0) is 29.3 Å². The Morgan fingerprint density at radius 1 is 0.784 bits per heavy atom. The van der Waals surface area contributed by atoms with Crippen molar-refractivity contribution in [2.75, 3.05) is 7.05 Å². The summed E-state index contributed by atoms with van der Waals surface area (Å²) in [4.78, 5) is 25.6. The highest BCUT2D eigenvalue weighted by atomic mass is 19.4. The fraction of sp³-hybridized carbons (Fsp3) is 0.185. The maximum absolute atomic E-state index is 13.4. The van der Waals surface area contributed by atoms with Gasteiger partial charge in [-0.25, -0.2) is 4.79 Å². The fourth-order valence-corrected chi connectivity index (χ4v) is 3.97. The van der Waals surface area contributed by atoms with E-state index >= 15 is 0 Å². The van der Waals surface area contributed by atoms with E-state index in [-0.39, 0.29) is 6.07 Å². The van der Waals surface area contributed by atoms with Crippen molar-refractivity contribution >= 4 is 11.9 Å². The maximum Gasteiger partial charge on any atom is 0.416 e. The monoisotopic (exact) mass is 521 g/mol. The average Bonchev–Trinajstić information content (AvgIpc) is 2.85. The predicted molar refractivity (Wildman–Crippen MR) is 124 cm³/mol. The summed E-state index contributed by atoms with van der Waals surface area (Å²) in [6.45, 7) is 0. The Bertz CT molecular complexity index is 1200. The van der Waals surface area contributed by atoms with Crippen LogP contribution in [0.2, 0.25) is 0 Å². The standard InChI is InChI=1S/C27H21F6NO3/c1-34(25(37)19-14-20(26(28,29)30)16-21(15-19)27(31,32)33)22(12-13-23(35)36)24(17-8-4-2-5-9-17)18-10-6-3-7-11-18/h2-16,22,24H,1H3,(H,35,36)/t22-/m0/s1. The van der Waals surface area contributed by atoms with Crippen molar-refractivity contribution in [1.29, 1.82) is 0 Å². The van der Waals surface area contributed by atoms with Crippen LogP contribution in [0.15, 0.2) is 91.0 Å². The van der Waals surface area contributed by atoms with E-state index in [0.29, 0.717) is 23.3 Å². The van der Waals surface area contributed by atoms with Crippen molar-refractivity contribution in [3.8, 4) is 0 Å². The number of rotatable bonds is 7. The van der Waals surface area contributed by atoms with E-state index in [1.165, 1.54) is 13.1 Å². The van der Waals surface area contributed by atoms with Crippen molar-refractivity contribution in [2.24, 2.45) is 0 Å². The van der Waals surface area contributed by atoms with E-state index in [1.54, 1.807) is 60.7 Å². The first-order valence-electron chi connectivity index (χ1n) is 10.9. The largest absolute Gasteiger partial charge is 0.478 e. The van der Waals surface area contributed by atoms with Gasteiger partial charge in [0.2, 0.25) is 0 Å². The first-order valence-corrected chi connectivity index (χ1v) is 10.9. The highest BCUT2D eigenvalue weighted by Gasteiger charge is 2.38. The number of carboxylic acid groups (broad SMARTS) is 1. The molecule has 1 amide bonds. The Kier molecular flexibility index (Phi) is 8.10. The first kappa shape index (κ1) is 27.5. The third-order valence-corrected chi connectivity index (χ3v) is 5.70. The number of carbonyl (C=O) groups excluding carboxylic acids is 1. The van der Waals surface area contributed by atoms with Gasteiger partial charge in [-0.15, -0.1) is 0 Å². The van der Waals surface area contributed by atoms with Crippen LogP contribution in [0, 0.1) is 0 Å². The van der Waals surface area contributed by atoms with Gasteiger partial charge in [-0.1, -0.05) is 66.7 Å². The molecule has 0 aromatic heterocycles. The minimum absolute atomic E-state index is 0.0602. The molecule has 0 aliphatic carbocycles. The van der Waals surface area contributed by atoms with Gasteiger partial charge >= 0.3 is 18.3 Å². The van der Waals surface area contributed by atoms with Crippen molar-refractivity contribution in [1.82, 2.24) is 4.90 Å². The van der Waals surface area contributed by atoms with Gasteiger partial charge in [0.1, 0.15) is 0 Å². The zero-order valence-electron chi connectivity index (χ0n) is 19.3. The van der Waals surface area contributed by atoms with Crippen LogP contribution in [-0.2, 0) is 17.1 Å². The molecule has 0 heterocycles. The summed E-state index contributed by atoms with van der Waals surface area (Å²) in [5, 5.41) is 9.23. The SMILES string of the molecule is CN(C(=O)c1cc(C(F)(F)F)cc(C(F)(F)F)c1)[C@@H](C=CC(=O)O)C(c1ccccc1)c1ccccc1. The lowest BCUT2D eigenvalue weighted by Crippen LogP contribution is -2.40. The normalized spacial score (nSPS) is 13.1. The van der Waals surface area contributed by atoms with Gasteiger partial charge in [0, 0.05) is 24.6 Å². The number of benzene rings is 3. The number of halogens is 6. The number of carboxylic acids is 1. The summed E-state index contributed by atoms with van der Waals surface area (Å²) < 4.78 is 80.2. The smallest absolute Gasteiger partial charge is 0.416 e. The Labute approximate surface area is 208 Å². The molecule has 194 valence electrons. The van der Waals surface area contributed by atoms with Gasteiger partial charge in [0.05, 0.1) is 17.2 Å². The molecule has 0 bridgehead atoms. The number of hydrogen-bond acceptors (Lipinski definition) is 2. The average molecular weight is 521 g/mol.